The summed E-state index contributed by atoms with van der Waals surface area (Å²) in [6.45, 7) is 1.90. The number of para-hydroxylation sites is 1. The summed E-state index contributed by atoms with van der Waals surface area (Å²) >= 11 is 6.64. The molecule has 0 saturated heterocycles. The Morgan fingerprint density at radius 3 is 2.68 bits per heavy atom. The maximum Gasteiger partial charge on any atom is 0.229 e. The van der Waals surface area contributed by atoms with Crippen LogP contribution in [-0.4, -0.2) is 16.2 Å². The highest BCUT2D eigenvalue weighted by Crippen LogP contribution is 2.31. The van der Waals surface area contributed by atoms with Crippen LogP contribution in [0.1, 0.15) is 11.3 Å². The Morgan fingerprint density at radius 2 is 2.00 bits per heavy atom. The summed E-state index contributed by atoms with van der Waals surface area (Å²) in [5, 5.41) is 0. The quantitative estimate of drug-likeness (QED) is 0.689. The molecule has 0 saturated carbocycles. The number of aromatic nitrogens is 1. The largest absolute Gasteiger partial charge is 0.437 e. The van der Waals surface area contributed by atoms with Crippen LogP contribution in [-0.2, 0) is 0 Å². The van der Waals surface area contributed by atoms with Crippen LogP contribution in [0.15, 0.2) is 41.3 Å². The predicted octanol–water partition coefficient (Wildman–Crippen LogP) is 3.54. The number of pyridine rings is 1. The second kappa shape index (κ2) is 6.04. The summed E-state index contributed by atoms with van der Waals surface area (Å²) in [6.07, 6.45) is 2.00. The fourth-order valence-electron chi connectivity index (χ4n) is 1.61. The van der Waals surface area contributed by atoms with E-state index in [9.17, 15) is 0 Å². The first-order valence-electron chi connectivity index (χ1n) is 5.70. The Bertz CT molecular complexity index is 614. The average Bonchev–Trinajstić information content (AvgIpc) is 2.39. The Morgan fingerprint density at radius 1 is 1.26 bits per heavy atom. The highest BCUT2D eigenvalue weighted by atomic mass is 32.2. The maximum atomic E-state index is 5.87. The van der Waals surface area contributed by atoms with E-state index in [-0.39, 0.29) is 4.99 Å². The van der Waals surface area contributed by atoms with Crippen LogP contribution >= 0.6 is 24.0 Å². The number of hydrogen-bond donors (Lipinski definition) is 1. The number of aryl methyl sites for hydroxylation is 1. The van der Waals surface area contributed by atoms with Gasteiger partial charge in [-0.2, -0.15) is 0 Å². The van der Waals surface area contributed by atoms with E-state index in [1.807, 2.05) is 49.6 Å². The minimum absolute atomic E-state index is 0.282. The molecule has 0 amide bonds. The normalized spacial score (nSPS) is 10.2. The minimum atomic E-state index is 0.282. The van der Waals surface area contributed by atoms with Gasteiger partial charge < -0.3 is 10.5 Å². The van der Waals surface area contributed by atoms with E-state index >= 15 is 0 Å². The molecule has 0 fully saturated rings. The molecule has 1 aromatic heterocycles. The van der Waals surface area contributed by atoms with Gasteiger partial charge in [-0.15, -0.1) is 11.8 Å². The number of ether oxygens (including phenoxy) is 1. The molecule has 2 aromatic rings. The molecule has 0 spiro atoms. The molecule has 1 aromatic carbocycles. The number of rotatable bonds is 4. The zero-order valence-electron chi connectivity index (χ0n) is 10.7. The van der Waals surface area contributed by atoms with Crippen molar-refractivity contribution in [2.75, 3.05) is 6.26 Å². The molecule has 98 valence electrons. The van der Waals surface area contributed by atoms with E-state index in [1.54, 1.807) is 11.8 Å². The molecular weight excluding hydrogens is 276 g/mol. The fraction of sp³-hybridized carbons (Fsp3) is 0.143. The average molecular weight is 290 g/mol. The third kappa shape index (κ3) is 3.24. The highest BCUT2D eigenvalue weighted by Gasteiger charge is 2.11. The monoisotopic (exact) mass is 290 g/mol. The van der Waals surface area contributed by atoms with Gasteiger partial charge in [0.05, 0.1) is 5.56 Å². The van der Waals surface area contributed by atoms with Crippen molar-refractivity contribution in [2.45, 2.75) is 11.8 Å². The van der Waals surface area contributed by atoms with E-state index in [4.69, 9.17) is 22.7 Å². The van der Waals surface area contributed by atoms with Gasteiger partial charge in [0.15, 0.2) is 0 Å². The fourth-order valence-corrected chi connectivity index (χ4v) is 2.29. The van der Waals surface area contributed by atoms with Gasteiger partial charge in [-0.1, -0.05) is 24.4 Å². The molecule has 19 heavy (non-hydrogen) atoms. The Balaban J connectivity index is 2.42. The van der Waals surface area contributed by atoms with Crippen molar-refractivity contribution in [3.63, 3.8) is 0 Å². The van der Waals surface area contributed by atoms with Gasteiger partial charge in [-0.3, -0.25) is 0 Å². The van der Waals surface area contributed by atoms with Crippen LogP contribution < -0.4 is 10.5 Å². The summed E-state index contributed by atoms with van der Waals surface area (Å²) in [7, 11) is 0. The van der Waals surface area contributed by atoms with Crippen molar-refractivity contribution < 1.29 is 4.74 Å². The van der Waals surface area contributed by atoms with Crippen LogP contribution in [0.5, 0.6) is 11.6 Å². The molecule has 5 heteroatoms. The standard InChI is InChI=1S/C14H14N2OS2/c1-9-7-8-10(13(15)18)14(16-9)17-11-5-3-4-6-12(11)19-2/h3-8H,1-2H3,(H2,15,18). The van der Waals surface area contributed by atoms with Gasteiger partial charge in [0, 0.05) is 10.6 Å². The third-order valence-electron chi connectivity index (χ3n) is 2.54. The lowest BCUT2D eigenvalue weighted by molar-refractivity contribution is 0.450. The van der Waals surface area contributed by atoms with Gasteiger partial charge in [0.1, 0.15) is 10.7 Å². The summed E-state index contributed by atoms with van der Waals surface area (Å²) in [4.78, 5) is 5.69. The van der Waals surface area contributed by atoms with E-state index < -0.39 is 0 Å². The first kappa shape index (κ1) is 13.8. The van der Waals surface area contributed by atoms with Crippen molar-refractivity contribution in [3.05, 3.63) is 47.7 Å². The van der Waals surface area contributed by atoms with Crippen LogP contribution in [0.4, 0.5) is 0 Å². The Hall–Kier alpha value is -1.59. The van der Waals surface area contributed by atoms with Crippen LogP contribution in [0.25, 0.3) is 0 Å². The molecule has 0 atom stereocenters. The first-order chi connectivity index (χ1) is 9.11. The molecule has 0 unspecified atom stereocenters. The molecule has 0 radical (unpaired) electrons. The topological polar surface area (TPSA) is 48.1 Å². The Labute approximate surface area is 122 Å². The Kier molecular flexibility index (Phi) is 4.39. The lowest BCUT2D eigenvalue weighted by Crippen LogP contribution is -2.12. The molecule has 0 aliphatic carbocycles. The summed E-state index contributed by atoms with van der Waals surface area (Å²) < 4.78 is 5.87. The van der Waals surface area contributed by atoms with E-state index in [2.05, 4.69) is 4.98 Å². The lowest BCUT2D eigenvalue weighted by Gasteiger charge is -2.12. The van der Waals surface area contributed by atoms with Crippen LogP contribution in [0.3, 0.4) is 0 Å². The summed E-state index contributed by atoms with van der Waals surface area (Å²) in [5.41, 5.74) is 7.20. The van der Waals surface area contributed by atoms with Gasteiger partial charge >= 0.3 is 0 Å². The maximum absolute atomic E-state index is 5.87. The molecule has 0 bridgehead atoms. The number of thioether (sulfide) groups is 1. The van der Waals surface area contributed by atoms with Gasteiger partial charge in [-0.25, -0.2) is 4.98 Å². The van der Waals surface area contributed by atoms with Gasteiger partial charge in [0.2, 0.25) is 5.88 Å². The van der Waals surface area contributed by atoms with Crippen LogP contribution in [0.2, 0.25) is 0 Å². The van der Waals surface area contributed by atoms with Gasteiger partial charge in [0.25, 0.3) is 0 Å². The number of thiocarbonyl (C=S) groups is 1. The molecular formula is C14H14N2OS2. The van der Waals surface area contributed by atoms with Crippen LogP contribution in [0, 0.1) is 6.92 Å². The zero-order valence-corrected chi connectivity index (χ0v) is 12.3. The lowest BCUT2D eigenvalue weighted by atomic mass is 10.2. The number of nitrogens with zero attached hydrogens (tertiary/aromatic N) is 1. The second-order valence-electron chi connectivity index (χ2n) is 3.92. The predicted molar refractivity (Wildman–Crippen MR) is 83.2 cm³/mol. The molecule has 1 heterocycles. The van der Waals surface area contributed by atoms with E-state index in [0.717, 1.165) is 16.3 Å². The van der Waals surface area contributed by atoms with Crippen molar-refractivity contribution in [1.29, 1.82) is 0 Å². The number of hydrogen-bond acceptors (Lipinski definition) is 4. The molecule has 0 aliphatic rings. The molecule has 3 nitrogen and oxygen atoms in total. The SMILES string of the molecule is CSc1ccccc1Oc1nc(C)ccc1C(N)=S. The number of benzene rings is 1. The molecule has 0 aliphatic heterocycles. The summed E-state index contributed by atoms with van der Waals surface area (Å²) in [5.74, 6) is 1.21. The van der Waals surface area contributed by atoms with Crippen molar-refractivity contribution in [3.8, 4) is 11.6 Å². The van der Waals surface area contributed by atoms with Crippen molar-refractivity contribution in [1.82, 2.24) is 4.98 Å². The van der Waals surface area contributed by atoms with E-state index in [1.165, 1.54) is 0 Å². The smallest absolute Gasteiger partial charge is 0.229 e. The minimum Gasteiger partial charge on any atom is -0.437 e. The number of nitrogens with two attached hydrogens (primary N) is 1. The third-order valence-corrected chi connectivity index (χ3v) is 3.54. The zero-order chi connectivity index (χ0) is 13.8. The van der Waals surface area contributed by atoms with E-state index in [0.29, 0.717) is 11.4 Å². The molecule has 2 rings (SSSR count). The summed E-state index contributed by atoms with van der Waals surface area (Å²) in [6, 6.07) is 11.5. The highest BCUT2D eigenvalue weighted by molar-refractivity contribution is 7.98. The second-order valence-corrected chi connectivity index (χ2v) is 5.21. The van der Waals surface area contributed by atoms with Crippen molar-refractivity contribution in [2.24, 2.45) is 5.73 Å². The van der Waals surface area contributed by atoms with Gasteiger partial charge in [-0.05, 0) is 37.4 Å². The molecule has 2 N–H and O–H groups in total. The van der Waals surface area contributed by atoms with Crippen molar-refractivity contribution >= 4 is 29.0 Å². The first-order valence-corrected chi connectivity index (χ1v) is 7.33.